The van der Waals surface area contributed by atoms with Gasteiger partial charge in [-0.25, -0.2) is 0 Å². The van der Waals surface area contributed by atoms with Gasteiger partial charge in [0.1, 0.15) is 0 Å². The van der Waals surface area contributed by atoms with Crippen LogP contribution < -0.4 is 0 Å². The van der Waals surface area contributed by atoms with Gasteiger partial charge in [-0.15, -0.1) is 0 Å². The van der Waals surface area contributed by atoms with Crippen molar-refractivity contribution in [2.75, 3.05) is 11.9 Å². The molecule has 0 aromatic heterocycles. The predicted octanol–water partition coefficient (Wildman–Crippen LogP) is 2.89. The molecule has 0 N–H and O–H groups in total. The Labute approximate surface area is 72.1 Å². The number of halogens is 1. The third-order valence-corrected chi connectivity index (χ3v) is 1.93. The van der Waals surface area contributed by atoms with Crippen molar-refractivity contribution in [2.24, 2.45) is 10.9 Å². The van der Waals surface area contributed by atoms with E-state index in [1.807, 2.05) is 0 Å². The molecule has 0 saturated heterocycles. The number of hydrogen-bond donors (Lipinski definition) is 0. The van der Waals surface area contributed by atoms with Crippen molar-refractivity contribution in [3.05, 3.63) is 0 Å². The van der Waals surface area contributed by atoms with Gasteiger partial charge in [0.05, 0.1) is 0 Å². The van der Waals surface area contributed by atoms with Crippen LogP contribution in [-0.4, -0.2) is 18.1 Å². The monoisotopic (exact) mass is 205 g/mol. The van der Waals surface area contributed by atoms with Crippen LogP contribution in [0.4, 0.5) is 0 Å². The first-order valence-electron chi connectivity index (χ1n) is 3.91. The molecule has 2 heteroatoms. The van der Waals surface area contributed by atoms with Gasteiger partial charge in [-0.2, -0.15) is 0 Å². The molecule has 1 nitrogen and oxygen atoms in total. The van der Waals surface area contributed by atoms with E-state index >= 15 is 0 Å². The minimum atomic E-state index is 0.694. The molecule has 0 rings (SSSR count). The van der Waals surface area contributed by atoms with Gasteiger partial charge in [-0.3, -0.25) is 4.99 Å². The second-order valence-corrected chi connectivity index (χ2v) is 3.11. The fourth-order valence-corrected chi connectivity index (χ4v) is 0.977. The highest BCUT2D eigenvalue weighted by atomic mass is 79.9. The lowest BCUT2D eigenvalue weighted by atomic mass is 10.1. The maximum absolute atomic E-state index is 4.26. The summed E-state index contributed by atoms with van der Waals surface area (Å²) in [6.07, 6.45) is 4.51. The summed E-state index contributed by atoms with van der Waals surface area (Å²) in [5.74, 6) is 0.694. The topological polar surface area (TPSA) is 12.4 Å². The molecule has 0 radical (unpaired) electrons. The Morgan fingerprint density at radius 1 is 1.40 bits per heavy atom. The van der Waals surface area contributed by atoms with Crippen LogP contribution in [0.3, 0.4) is 0 Å². The summed E-state index contributed by atoms with van der Waals surface area (Å²) in [5.41, 5.74) is 0. The highest BCUT2D eigenvalue weighted by Gasteiger charge is 1.95. The lowest BCUT2D eigenvalue weighted by molar-refractivity contribution is 0.653. The van der Waals surface area contributed by atoms with Crippen molar-refractivity contribution in [3.63, 3.8) is 0 Å². The third-order valence-electron chi connectivity index (χ3n) is 1.58. The highest BCUT2D eigenvalue weighted by Crippen LogP contribution is 2.03. The average molecular weight is 206 g/mol. The maximum atomic E-state index is 4.26. The van der Waals surface area contributed by atoms with Crippen molar-refractivity contribution in [2.45, 2.75) is 26.7 Å². The summed E-state index contributed by atoms with van der Waals surface area (Å²) in [6, 6.07) is 0. The first kappa shape index (κ1) is 10.2. The summed E-state index contributed by atoms with van der Waals surface area (Å²) >= 11 is 3.33. The summed E-state index contributed by atoms with van der Waals surface area (Å²) in [5, 5.41) is 0.976. The Bertz CT molecular complexity index is 87.3. The van der Waals surface area contributed by atoms with E-state index in [9.17, 15) is 0 Å². The molecule has 0 spiro atoms. The van der Waals surface area contributed by atoms with Crippen LogP contribution in [0.5, 0.6) is 0 Å². The largest absolute Gasteiger partial charge is 0.296 e. The predicted molar refractivity (Wildman–Crippen MR) is 51.2 cm³/mol. The zero-order valence-electron chi connectivity index (χ0n) is 6.81. The van der Waals surface area contributed by atoms with Crippen LogP contribution in [0.15, 0.2) is 4.99 Å². The molecule has 0 unspecified atom stereocenters. The van der Waals surface area contributed by atoms with E-state index in [0.717, 1.165) is 11.9 Å². The minimum Gasteiger partial charge on any atom is -0.296 e. The third kappa shape index (κ3) is 4.98. The van der Waals surface area contributed by atoms with Gasteiger partial charge in [0.15, 0.2) is 0 Å². The lowest BCUT2D eigenvalue weighted by Crippen LogP contribution is -1.98. The van der Waals surface area contributed by atoms with Gasteiger partial charge in [-0.05, 0) is 18.8 Å². The Hall–Kier alpha value is 0.150. The molecule has 0 atom stereocenters. The van der Waals surface area contributed by atoms with Gasteiger partial charge in [0.2, 0.25) is 0 Å². The molecular formula is C8H16BrN. The standard InChI is InChI=1S/C8H16BrN/c1-3-8(4-2)7-10-6-5-9/h7-8H,3-6H2,1-2H3. The summed E-state index contributed by atoms with van der Waals surface area (Å²) in [4.78, 5) is 4.26. The number of rotatable bonds is 5. The molecule has 0 saturated carbocycles. The average Bonchev–Trinajstić information content (AvgIpc) is 1.99. The molecule has 10 heavy (non-hydrogen) atoms. The number of alkyl halides is 1. The molecular weight excluding hydrogens is 190 g/mol. The van der Waals surface area contributed by atoms with E-state index < -0.39 is 0 Å². The van der Waals surface area contributed by atoms with Crippen LogP contribution in [-0.2, 0) is 0 Å². The molecule has 0 aliphatic carbocycles. The SMILES string of the molecule is CCC(C=NCCBr)CC. The molecule has 0 aliphatic heterocycles. The Morgan fingerprint density at radius 2 is 2.00 bits per heavy atom. The van der Waals surface area contributed by atoms with Crippen molar-refractivity contribution in [1.29, 1.82) is 0 Å². The number of nitrogens with zero attached hydrogens (tertiary/aromatic N) is 1. The normalized spacial score (nSPS) is 11.6. The van der Waals surface area contributed by atoms with E-state index in [4.69, 9.17) is 0 Å². The van der Waals surface area contributed by atoms with Gasteiger partial charge in [0, 0.05) is 18.1 Å². The van der Waals surface area contributed by atoms with Crippen molar-refractivity contribution in [1.82, 2.24) is 0 Å². The van der Waals surface area contributed by atoms with Gasteiger partial charge in [0.25, 0.3) is 0 Å². The van der Waals surface area contributed by atoms with Crippen LogP contribution >= 0.6 is 15.9 Å². The zero-order chi connectivity index (χ0) is 7.82. The summed E-state index contributed by atoms with van der Waals surface area (Å²) < 4.78 is 0. The van der Waals surface area contributed by atoms with Gasteiger partial charge >= 0.3 is 0 Å². The molecule has 0 aromatic rings. The second kappa shape index (κ2) is 7.26. The first-order chi connectivity index (χ1) is 4.85. The number of aliphatic imine (C=N–C) groups is 1. The summed E-state index contributed by atoms with van der Waals surface area (Å²) in [6.45, 7) is 5.32. The Morgan fingerprint density at radius 3 is 2.40 bits per heavy atom. The molecule has 0 heterocycles. The van der Waals surface area contributed by atoms with Crippen molar-refractivity contribution >= 4 is 22.1 Å². The fourth-order valence-electron chi connectivity index (χ4n) is 0.772. The van der Waals surface area contributed by atoms with Crippen LogP contribution in [0.2, 0.25) is 0 Å². The van der Waals surface area contributed by atoms with Crippen LogP contribution in [0, 0.1) is 5.92 Å². The molecule has 0 aliphatic rings. The molecule has 0 aromatic carbocycles. The highest BCUT2D eigenvalue weighted by molar-refractivity contribution is 9.09. The first-order valence-corrected chi connectivity index (χ1v) is 5.03. The lowest BCUT2D eigenvalue weighted by Gasteiger charge is -2.02. The fraction of sp³-hybridized carbons (Fsp3) is 0.875. The summed E-state index contributed by atoms with van der Waals surface area (Å²) in [7, 11) is 0. The van der Waals surface area contributed by atoms with Gasteiger partial charge < -0.3 is 0 Å². The van der Waals surface area contributed by atoms with E-state index in [2.05, 4.69) is 41.0 Å². The molecule has 0 amide bonds. The second-order valence-electron chi connectivity index (χ2n) is 2.32. The van der Waals surface area contributed by atoms with Crippen LogP contribution in [0.25, 0.3) is 0 Å². The molecule has 60 valence electrons. The Balaban J connectivity index is 3.40. The van der Waals surface area contributed by atoms with E-state index in [-0.39, 0.29) is 0 Å². The number of hydrogen-bond acceptors (Lipinski definition) is 1. The smallest absolute Gasteiger partial charge is 0.0482 e. The zero-order valence-corrected chi connectivity index (χ0v) is 8.39. The van der Waals surface area contributed by atoms with E-state index in [1.165, 1.54) is 12.8 Å². The minimum absolute atomic E-state index is 0.694. The van der Waals surface area contributed by atoms with E-state index in [1.54, 1.807) is 0 Å². The van der Waals surface area contributed by atoms with Gasteiger partial charge in [-0.1, -0.05) is 29.8 Å². The molecule has 0 bridgehead atoms. The molecule has 0 fully saturated rings. The van der Waals surface area contributed by atoms with Crippen molar-refractivity contribution < 1.29 is 0 Å². The van der Waals surface area contributed by atoms with Crippen molar-refractivity contribution in [3.8, 4) is 0 Å². The maximum Gasteiger partial charge on any atom is 0.0482 e. The quantitative estimate of drug-likeness (QED) is 0.484. The van der Waals surface area contributed by atoms with E-state index in [0.29, 0.717) is 5.92 Å². The Kier molecular flexibility index (Phi) is 7.37. The van der Waals surface area contributed by atoms with Crippen LogP contribution in [0.1, 0.15) is 26.7 Å².